The second kappa shape index (κ2) is 8.49. The molecule has 4 heterocycles. The van der Waals surface area contributed by atoms with Crippen molar-refractivity contribution in [3.8, 4) is 22.3 Å². The standard InChI is InChI=1S/C25H21N3O5S/c29-24(20-10-9-19(33-20)23-26-16-5-1-4-8-22(16)34-23)27-11-13-28(14-12-27)25(30)21-15-31-17-6-2-3-7-18(17)32-21/h1-10,21H,11-15H2/t21-/m1/s1. The Kier molecular flexibility index (Phi) is 5.18. The summed E-state index contributed by atoms with van der Waals surface area (Å²) >= 11 is 1.53. The van der Waals surface area contributed by atoms with Crippen LogP contribution in [0.3, 0.4) is 0 Å². The van der Waals surface area contributed by atoms with E-state index < -0.39 is 6.10 Å². The van der Waals surface area contributed by atoms with E-state index in [1.807, 2.05) is 42.5 Å². The average molecular weight is 476 g/mol. The Morgan fingerprint density at radius 3 is 2.44 bits per heavy atom. The molecule has 8 nitrogen and oxygen atoms in total. The Morgan fingerprint density at radius 2 is 1.62 bits per heavy atom. The number of nitrogens with zero attached hydrogens (tertiary/aromatic N) is 3. The number of rotatable bonds is 3. The van der Waals surface area contributed by atoms with Crippen LogP contribution in [0.5, 0.6) is 11.5 Å². The number of para-hydroxylation sites is 3. The van der Waals surface area contributed by atoms with Gasteiger partial charge in [0.2, 0.25) is 6.10 Å². The van der Waals surface area contributed by atoms with Crippen molar-refractivity contribution in [1.29, 1.82) is 0 Å². The first-order chi connectivity index (χ1) is 16.7. The Bertz CT molecular complexity index is 1340. The fraction of sp³-hybridized carbons (Fsp3) is 0.240. The van der Waals surface area contributed by atoms with Crippen molar-refractivity contribution < 1.29 is 23.5 Å². The molecule has 2 amide bonds. The summed E-state index contributed by atoms with van der Waals surface area (Å²) in [6.45, 7) is 1.88. The number of aromatic nitrogens is 1. The van der Waals surface area contributed by atoms with Gasteiger partial charge in [0.15, 0.2) is 28.0 Å². The number of ether oxygens (including phenoxy) is 2. The molecule has 2 aliphatic rings. The van der Waals surface area contributed by atoms with E-state index in [9.17, 15) is 9.59 Å². The van der Waals surface area contributed by atoms with E-state index in [-0.39, 0.29) is 24.2 Å². The normalized spacial score (nSPS) is 17.7. The van der Waals surface area contributed by atoms with Crippen LogP contribution in [0.15, 0.2) is 65.1 Å². The van der Waals surface area contributed by atoms with E-state index in [2.05, 4.69) is 4.98 Å². The van der Waals surface area contributed by atoms with Crippen molar-refractivity contribution >= 4 is 33.4 Å². The molecule has 9 heteroatoms. The summed E-state index contributed by atoms with van der Waals surface area (Å²) in [7, 11) is 0. The maximum absolute atomic E-state index is 13.0. The third-order valence-electron chi connectivity index (χ3n) is 5.98. The quantitative estimate of drug-likeness (QED) is 0.449. The molecular formula is C25H21N3O5S. The first kappa shape index (κ1) is 20.7. The molecule has 1 atom stereocenters. The summed E-state index contributed by atoms with van der Waals surface area (Å²) in [4.78, 5) is 34.0. The van der Waals surface area contributed by atoms with Crippen molar-refractivity contribution in [3.05, 3.63) is 66.4 Å². The molecule has 1 saturated heterocycles. The van der Waals surface area contributed by atoms with E-state index in [4.69, 9.17) is 13.9 Å². The van der Waals surface area contributed by atoms with Crippen LogP contribution < -0.4 is 9.47 Å². The number of amides is 2. The Balaban J connectivity index is 1.08. The van der Waals surface area contributed by atoms with Gasteiger partial charge in [-0.2, -0.15) is 0 Å². The highest BCUT2D eigenvalue weighted by atomic mass is 32.1. The summed E-state index contributed by atoms with van der Waals surface area (Å²) < 4.78 is 18.4. The zero-order valence-corrected chi connectivity index (χ0v) is 19.0. The molecule has 172 valence electrons. The summed E-state index contributed by atoms with van der Waals surface area (Å²) in [6.07, 6.45) is -0.682. The van der Waals surface area contributed by atoms with Crippen molar-refractivity contribution in [3.63, 3.8) is 0 Å². The van der Waals surface area contributed by atoms with Crippen LogP contribution >= 0.6 is 11.3 Å². The third-order valence-corrected chi connectivity index (χ3v) is 7.03. The number of piperazine rings is 1. The van der Waals surface area contributed by atoms with E-state index in [1.165, 1.54) is 11.3 Å². The minimum atomic E-state index is -0.682. The number of thiazole rings is 1. The van der Waals surface area contributed by atoms with Crippen LogP contribution in [0, 0.1) is 0 Å². The minimum absolute atomic E-state index is 0.127. The molecule has 4 aromatic rings. The van der Waals surface area contributed by atoms with Gasteiger partial charge < -0.3 is 23.7 Å². The lowest BCUT2D eigenvalue weighted by molar-refractivity contribution is -0.142. The fourth-order valence-corrected chi connectivity index (χ4v) is 5.10. The smallest absolute Gasteiger partial charge is 0.289 e. The predicted molar refractivity (Wildman–Crippen MR) is 126 cm³/mol. The number of carbonyl (C=O) groups is 2. The number of hydrogen-bond acceptors (Lipinski definition) is 7. The van der Waals surface area contributed by atoms with Gasteiger partial charge in [0.1, 0.15) is 6.61 Å². The van der Waals surface area contributed by atoms with Gasteiger partial charge in [0.25, 0.3) is 11.8 Å². The molecule has 6 rings (SSSR count). The van der Waals surface area contributed by atoms with Gasteiger partial charge in [-0.25, -0.2) is 4.98 Å². The van der Waals surface area contributed by atoms with Crippen molar-refractivity contribution in [2.45, 2.75) is 6.10 Å². The van der Waals surface area contributed by atoms with Crippen LogP contribution in [0.1, 0.15) is 10.6 Å². The summed E-state index contributed by atoms with van der Waals surface area (Å²) in [5.41, 5.74) is 0.906. The van der Waals surface area contributed by atoms with Gasteiger partial charge in [0, 0.05) is 26.2 Å². The molecule has 1 fully saturated rings. The maximum Gasteiger partial charge on any atom is 0.289 e. The largest absolute Gasteiger partial charge is 0.485 e. The molecule has 0 unspecified atom stereocenters. The van der Waals surface area contributed by atoms with Crippen molar-refractivity contribution in [1.82, 2.24) is 14.8 Å². The topological polar surface area (TPSA) is 85.1 Å². The second-order valence-electron chi connectivity index (χ2n) is 8.13. The minimum Gasteiger partial charge on any atom is -0.485 e. The molecule has 2 aromatic heterocycles. The fourth-order valence-electron chi connectivity index (χ4n) is 4.18. The predicted octanol–water partition coefficient (Wildman–Crippen LogP) is 3.68. The van der Waals surface area contributed by atoms with E-state index >= 15 is 0 Å². The maximum atomic E-state index is 13.0. The third kappa shape index (κ3) is 3.77. The van der Waals surface area contributed by atoms with Gasteiger partial charge in [-0.1, -0.05) is 24.3 Å². The first-order valence-corrected chi connectivity index (χ1v) is 11.9. The van der Waals surface area contributed by atoms with Gasteiger partial charge >= 0.3 is 0 Å². The lowest BCUT2D eigenvalue weighted by atomic mass is 10.2. The molecule has 34 heavy (non-hydrogen) atoms. The van der Waals surface area contributed by atoms with Crippen LogP contribution in [-0.4, -0.2) is 65.5 Å². The van der Waals surface area contributed by atoms with Crippen molar-refractivity contribution in [2.75, 3.05) is 32.8 Å². The first-order valence-electron chi connectivity index (χ1n) is 11.1. The summed E-state index contributed by atoms with van der Waals surface area (Å²) in [6, 6.07) is 18.7. The lowest BCUT2D eigenvalue weighted by Crippen LogP contribution is -2.55. The van der Waals surface area contributed by atoms with E-state index in [1.54, 1.807) is 28.0 Å². The summed E-state index contributed by atoms with van der Waals surface area (Å²) in [5, 5.41) is 0.743. The number of fused-ring (bicyclic) bond motifs is 2. The number of carbonyl (C=O) groups excluding carboxylic acids is 2. The highest BCUT2D eigenvalue weighted by Crippen LogP contribution is 2.32. The van der Waals surface area contributed by atoms with Crippen LogP contribution in [0.4, 0.5) is 0 Å². The molecule has 0 saturated carbocycles. The molecule has 0 spiro atoms. The molecule has 2 aromatic carbocycles. The Hall–Kier alpha value is -3.85. The zero-order chi connectivity index (χ0) is 23.1. The van der Waals surface area contributed by atoms with Gasteiger partial charge in [-0.15, -0.1) is 11.3 Å². The zero-order valence-electron chi connectivity index (χ0n) is 18.2. The number of furan rings is 1. The Labute approximate surface area is 199 Å². The monoisotopic (exact) mass is 475 g/mol. The van der Waals surface area contributed by atoms with Crippen LogP contribution in [0.2, 0.25) is 0 Å². The molecule has 0 radical (unpaired) electrons. The highest BCUT2D eigenvalue weighted by Gasteiger charge is 2.34. The van der Waals surface area contributed by atoms with E-state index in [0.29, 0.717) is 43.4 Å². The summed E-state index contributed by atoms with van der Waals surface area (Å²) in [5.74, 6) is 1.75. The van der Waals surface area contributed by atoms with Gasteiger partial charge in [-0.3, -0.25) is 9.59 Å². The second-order valence-corrected chi connectivity index (χ2v) is 9.16. The molecule has 0 aliphatic carbocycles. The number of benzene rings is 2. The molecule has 0 N–H and O–H groups in total. The van der Waals surface area contributed by atoms with E-state index in [0.717, 1.165) is 15.2 Å². The molecule has 2 aliphatic heterocycles. The lowest BCUT2D eigenvalue weighted by Gasteiger charge is -2.36. The molecule has 0 bridgehead atoms. The SMILES string of the molecule is O=C(c1ccc(-c2nc3ccccc3s2)o1)N1CCN(C(=O)[C@H]2COc3ccccc3O2)CC1. The van der Waals surface area contributed by atoms with Gasteiger partial charge in [-0.05, 0) is 36.4 Å². The Morgan fingerprint density at radius 1 is 0.882 bits per heavy atom. The average Bonchev–Trinajstić information content (AvgIpc) is 3.55. The van der Waals surface area contributed by atoms with Crippen molar-refractivity contribution in [2.24, 2.45) is 0 Å². The molecular weight excluding hydrogens is 454 g/mol. The highest BCUT2D eigenvalue weighted by molar-refractivity contribution is 7.21. The van der Waals surface area contributed by atoms with Crippen LogP contribution in [0.25, 0.3) is 21.0 Å². The van der Waals surface area contributed by atoms with Crippen LogP contribution in [-0.2, 0) is 4.79 Å². The van der Waals surface area contributed by atoms with Gasteiger partial charge in [0.05, 0.1) is 10.2 Å². The number of hydrogen-bond donors (Lipinski definition) is 0.